The van der Waals surface area contributed by atoms with Crippen molar-refractivity contribution in [1.82, 2.24) is 4.90 Å². The molecular weight excluding hydrogens is 748 g/mol. The second kappa shape index (κ2) is 18.2. The highest BCUT2D eigenvalue weighted by Crippen LogP contribution is 2.46. The summed E-state index contributed by atoms with van der Waals surface area (Å²) in [5, 5.41) is -0.636. The Bertz CT molecular complexity index is 1800. The summed E-state index contributed by atoms with van der Waals surface area (Å²) >= 11 is 25.9. The number of carbonyl (C=O) groups is 2. The Morgan fingerprint density at radius 3 is 1.63 bits per heavy atom. The van der Waals surface area contributed by atoms with Crippen LogP contribution in [0.15, 0.2) is 104 Å². The van der Waals surface area contributed by atoms with Gasteiger partial charge in [0.25, 0.3) is 11.8 Å². The van der Waals surface area contributed by atoms with Gasteiger partial charge in [-0.2, -0.15) is 0 Å². The van der Waals surface area contributed by atoms with Crippen LogP contribution in [0, 0.1) is 0 Å². The number of halogens is 4. The van der Waals surface area contributed by atoms with Gasteiger partial charge in [-0.15, -0.1) is 6.58 Å². The molecule has 0 aliphatic carbocycles. The summed E-state index contributed by atoms with van der Waals surface area (Å²) in [4.78, 5) is 29.8. The summed E-state index contributed by atoms with van der Waals surface area (Å²) in [5.41, 5.74) is 2.42. The average molecular weight is 786 g/mol. The fourth-order valence-electron chi connectivity index (χ4n) is 6.29. The summed E-state index contributed by atoms with van der Waals surface area (Å²) in [6.45, 7) is 4.73. The van der Waals surface area contributed by atoms with Crippen molar-refractivity contribution in [3.63, 3.8) is 0 Å². The molecule has 0 saturated carbocycles. The number of amides is 2. The van der Waals surface area contributed by atoms with Crippen molar-refractivity contribution in [2.45, 2.75) is 63.3 Å². The first-order valence-corrected chi connectivity index (χ1v) is 18.4. The van der Waals surface area contributed by atoms with Gasteiger partial charge in [0, 0.05) is 0 Å². The predicted molar refractivity (Wildman–Crippen MR) is 201 cm³/mol. The van der Waals surface area contributed by atoms with Crippen LogP contribution in [0.25, 0.3) is 0 Å². The third-order valence-electron chi connectivity index (χ3n) is 8.84. The highest BCUT2D eigenvalue weighted by atomic mass is 35.5. The minimum Gasteiger partial charge on any atom is -0.374 e. The molecule has 4 aromatic carbocycles. The van der Waals surface area contributed by atoms with Crippen LogP contribution >= 0.6 is 46.4 Å². The fraction of sp³-hybridized carbons (Fsp3) is 0.300. The van der Waals surface area contributed by atoms with Gasteiger partial charge in [-0.3, -0.25) is 14.5 Å². The van der Waals surface area contributed by atoms with Gasteiger partial charge < -0.3 is 23.7 Å². The number of unbranched alkanes of at least 4 members (excludes halogenated alkanes) is 1. The molecule has 0 spiro atoms. The molecule has 0 aromatic heterocycles. The smallest absolute Gasteiger partial charge is 0.263 e. The molecule has 1 saturated heterocycles. The first-order valence-electron chi connectivity index (χ1n) is 16.8. The number of hydrogen-bond acceptors (Lipinski definition) is 7. The monoisotopic (exact) mass is 783 g/mol. The number of rotatable bonds is 16. The first-order chi connectivity index (χ1) is 25.3. The van der Waals surface area contributed by atoms with Crippen LogP contribution in [-0.2, 0) is 43.5 Å². The largest absolute Gasteiger partial charge is 0.374 e. The SMILES string of the molecule is C=CCCCO[C@@H]1O[C@H](COCc2ccccc2)[C@@H](OCc2ccccc2)[C@H](OCc2ccccc2)[C@H]1N1C(=O)c2c(Cl)c(Cl)c(Cl)c(Cl)c2C1=O. The van der Waals surface area contributed by atoms with E-state index in [2.05, 4.69) is 6.58 Å². The van der Waals surface area contributed by atoms with E-state index < -0.39 is 42.5 Å². The Labute approximate surface area is 323 Å². The second-order valence-corrected chi connectivity index (χ2v) is 13.9. The summed E-state index contributed by atoms with van der Waals surface area (Å²) in [6.07, 6.45) is -0.701. The van der Waals surface area contributed by atoms with Gasteiger partial charge in [-0.05, 0) is 29.5 Å². The molecular formula is C40H37Cl4NO7. The molecule has 12 heteroatoms. The number of carbonyl (C=O) groups excluding carboxylic acids is 2. The molecule has 2 heterocycles. The zero-order valence-electron chi connectivity index (χ0n) is 28.1. The minimum atomic E-state index is -1.17. The maximum atomic E-state index is 14.4. The summed E-state index contributed by atoms with van der Waals surface area (Å²) in [5.74, 6) is -1.49. The van der Waals surface area contributed by atoms with Crippen molar-refractivity contribution in [3.8, 4) is 0 Å². The summed E-state index contributed by atoms with van der Waals surface area (Å²) in [7, 11) is 0. The molecule has 2 amide bonds. The van der Waals surface area contributed by atoms with Crippen molar-refractivity contribution in [2.75, 3.05) is 13.2 Å². The number of hydrogen-bond donors (Lipinski definition) is 0. The van der Waals surface area contributed by atoms with Crippen LogP contribution < -0.4 is 0 Å². The van der Waals surface area contributed by atoms with E-state index in [9.17, 15) is 9.59 Å². The van der Waals surface area contributed by atoms with Crippen LogP contribution in [0.5, 0.6) is 0 Å². The van der Waals surface area contributed by atoms with Crippen LogP contribution in [0.2, 0.25) is 20.1 Å². The van der Waals surface area contributed by atoms with Gasteiger partial charge in [0.15, 0.2) is 6.29 Å². The molecule has 4 aromatic rings. The Balaban J connectivity index is 1.42. The molecule has 2 aliphatic heterocycles. The van der Waals surface area contributed by atoms with Gasteiger partial charge in [0.05, 0.1) is 64.3 Å². The Morgan fingerprint density at radius 1 is 0.654 bits per heavy atom. The summed E-state index contributed by atoms with van der Waals surface area (Å²) < 4.78 is 32.7. The lowest BCUT2D eigenvalue weighted by atomic mass is 9.94. The van der Waals surface area contributed by atoms with Crippen LogP contribution in [0.3, 0.4) is 0 Å². The standard InChI is InChI=1S/C40H37Cl4NO7/c1-2-3-13-20-49-40-35(45-38(46)29-30(39(45)47)32(42)34(44)33(43)31(29)41)37(51-23-27-18-11-6-12-19-27)36(50-22-26-16-9-5-10-17-26)28(52-40)24-48-21-25-14-7-4-8-15-25/h2,4-12,14-19,28,35-37,40H,1,3,13,20-24H2/t28-,35-,36-,37-,40-/m1/s1. The van der Waals surface area contributed by atoms with Crippen molar-refractivity contribution in [1.29, 1.82) is 0 Å². The van der Waals surface area contributed by atoms with Crippen LogP contribution in [-0.4, -0.2) is 60.6 Å². The van der Waals surface area contributed by atoms with Gasteiger partial charge in [-0.1, -0.05) is 143 Å². The number of ether oxygens (including phenoxy) is 5. The lowest BCUT2D eigenvalue weighted by Crippen LogP contribution is -2.67. The van der Waals surface area contributed by atoms with E-state index in [1.807, 2.05) is 91.0 Å². The lowest BCUT2D eigenvalue weighted by molar-refractivity contribution is -0.299. The normalized spacial score (nSPS) is 21.4. The van der Waals surface area contributed by atoms with E-state index in [0.29, 0.717) is 19.4 Å². The number of nitrogens with zero attached hydrogens (tertiary/aromatic N) is 1. The van der Waals surface area contributed by atoms with Crippen molar-refractivity contribution < 1.29 is 33.3 Å². The molecule has 0 unspecified atom stereocenters. The third kappa shape index (κ3) is 8.57. The number of allylic oxidation sites excluding steroid dienone is 1. The lowest BCUT2D eigenvalue weighted by Gasteiger charge is -2.48. The quantitative estimate of drug-likeness (QED) is 0.0368. The first kappa shape index (κ1) is 38.4. The highest BCUT2D eigenvalue weighted by molar-refractivity contribution is 6.55. The second-order valence-electron chi connectivity index (χ2n) is 12.3. The topological polar surface area (TPSA) is 83.5 Å². The van der Waals surface area contributed by atoms with Crippen molar-refractivity contribution >= 4 is 58.2 Å². The minimum absolute atomic E-state index is 0.0871. The van der Waals surface area contributed by atoms with Gasteiger partial charge in [0.1, 0.15) is 24.4 Å². The average Bonchev–Trinajstić information content (AvgIpc) is 3.43. The zero-order chi connectivity index (χ0) is 36.6. The third-order valence-corrected chi connectivity index (χ3v) is 10.6. The summed E-state index contributed by atoms with van der Waals surface area (Å²) in [6, 6.07) is 27.7. The van der Waals surface area contributed by atoms with Crippen molar-refractivity contribution in [3.05, 3.63) is 152 Å². The van der Waals surface area contributed by atoms with E-state index >= 15 is 0 Å². The molecule has 8 nitrogen and oxygen atoms in total. The van der Waals surface area contributed by atoms with E-state index in [1.165, 1.54) is 0 Å². The molecule has 52 heavy (non-hydrogen) atoms. The van der Waals surface area contributed by atoms with E-state index in [0.717, 1.165) is 21.6 Å². The highest BCUT2D eigenvalue weighted by Gasteiger charge is 2.56. The molecule has 2 aliphatic rings. The molecule has 5 atom stereocenters. The van der Waals surface area contributed by atoms with Crippen LogP contribution in [0.1, 0.15) is 50.2 Å². The fourth-order valence-corrected chi connectivity index (χ4v) is 7.31. The van der Waals surface area contributed by atoms with Gasteiger partial charge in [0.2, 0.25) is 0 Å². The maximum Gasteiger partial charge on any atom is 0.263 e. The zero-order valence-corrected chi connectivity index (χ0v) is 31.1. The number of benzene rings is 4. The number of fused-ring (bicyclic) bond motifs is 1. The molecule has 1 fully saturated rings. The van der Waals surface area contributed by atoms with Gasteiger partial charge in [-0.25, -0.2) is 0 Å². The Hall–Kier alpha value is -3.28. The van der Waals surface area contributed by atoms with Crippen molar-refractivity contribution in [2.24, 2.45) is 0 Å². The maximum absolute atomic E-state index is 14.4. The molecule has 272 valence electrons. The Morgan fingerprint density at radius 2 is 1.13 bits per heavy atom. The Kier molecular flexibility index (Phi) is 13.4. The molecule has 0 N–H and O–H groups in total. The predicted octanol–water partition coefficient (Wildman–Crippen LogP) is 9.36. The van der Waals surface area contributed by atoms with E-state index in [4.69, 9.17) is 70.1 Å². The molecule has 6 rings (SSSR count). The van der Waals surface area contributed by atoms with E-state index in [1.54, 1.807) is 6.08 Å². The molecule has 0 radical (unpaired) electrons. The van der Waals surface area contributed by atoms with Gasteiger partial charge >= 0.3 is 0 Å². The molecule has 0 bridgehead atoms. The number of imide groups is 1. The van der Waals surface area contributed by atoms with Crippen LogP contribution in [0.4, 0.5) is 0 Å². The van der Waals surface area contributed by atoms with E-state index in [-0.39, 0.29) is 57.6 Å².